The monoisotopic (exact) mass is 227 g/mol. The van der Waals surface area contributed by atoms with E-state index in [1.165, 1.54) is 0 Å². The highest BCUT2D eigenvalue weighted by Crippen LogP contribution is 2.10. The maximum absolute atomic E-state index is 11.4. The molecule has 4 heteroatoms. The number of unbranched alkanes of at least 4 members (excludes halogenated alkanes) is 1. The molecule has 1 aromatic rings. The second-order valence-corrected chi connectivity index (χ2v) is 4.47. The third kappa shape index (κ3) is 4.44. The number of hydrogen-bond donors (Lipinski definition) is 1. The predicted molar refractivity (Wildman–Crippen MR) is 61.6 cm³/mol. The predicted octanol–water partition coefficient (Wildman–Crippen LogP) is 2.31. The standard InChI is InChI=1S/C11H17NO2S/c1-2-3-6-10(12)11(13)14-8-9-5-4-7-15-9/h4-5,7,10H,2-3,6,8,12H2,1H3. The van der Waals surface area contributed by atoms with E-state index >= 15 is 0 Å². The van der Waals surface area contributed by atoms with Crippen LogP contribution in [0, 0.1) is 0 Å². The molecule has 0 aliphatic heterocycles. The van der Waals surface area contributed by atoms with Crippen molar-refractivity contribution >= 4 is 17.3 Å². The number of nitrogens with two attached hydrogens (primary N) is 1. The maximum Gasteiger partial charge on any atom is 0.323 e. The Labute approximate surface area is 94.2 Å². The minimum Gasteiger partial charge on any atom is -0.459 e. The average molecular weight is 227 g/mol. The molecule has 0 amide bonds. The first-order valence-electron chi connectivity index (χ1n) is 5.18. The van der Waals surface area contributed by atoms with Crippen molar-refractivity contribution in [2.24, 2.45) is 5.73 Å². The summed E-state index contributed by atoms with van der Waals surface area (Å²) in [6, 6.07) is 3.41. The van der Waals surface area contributed by atoms with Gasteiger partial charge in [-0.25, -0.2) is 0 Å². The van der Waals surface area contributed by atoms with Crippen molar-refractivity contribution in [3.8, 4) is 0 Å². The molecule has 0 fully saturated rings. The van der Waals surface area contributed by atoms with Crippen molar-refractivity contribution in [3.05, 3.63) is 22.4 Å². The van der Waals surface area contributed by atoms with Crippen LogP contribution in [0.1, 0.15) is 31.1 Å². The molecule has 3 nitrogen and oxygen atoms in total. The number of hydrogen-bond acceptors (Lipinski definition) is 4. The van der Waals surface area contributed by atoms with Crippen LogP contribution in [0.4, 0.5) is 0 Å². The smallest absolute Gasteiger partial charge is 0.323 e. The van der Waals surface area contributed by atoms with Gasteiger partial charge in [0.25, 0.3) is 0 Å². The fourth-order valence-electron chi connectivity index (χ4n) is 1.19. The van der Waals surface area contributed by atoms with Crippen molar-refractivity contribution in [1.82, 2.24) is 0 Å². The van der Waals surface area contributed by atoms with Gasteiger partial charge in [0.1, 0.15) is 12.6 Å². The summed E-state index contributed by atoms with van der Waals surface area (Å²) in [4.78, 5) is 12.4. The first kappa shape index (κ1) is 12.2. The Balaban J connectivity index is 2.23. The zero-order valence-electron chi connectivity index (χ0n) is 8.94. The number of ether oxygens (including phenoxy) is 1. The lowest BCUT2D eigenvalue weighted by molar-refractivity contribution is -0.146. The lowest BCUT2D eigenvalue weighted by atomic mass is 10.1. The summed E-state index contributed by atoms with van der Waals surface area (Å²) >= 11 is 1.58. The summed E-state index contributed by atoms with van der Waals surface area (Å²) in [6.07, 6.45) is 2.72. The summed E-state index contributed by atoms with van der Waals surface area (Å²) in [5, 5.41) is 1.96. The molecule has 0 bridgehead atoms. The third-order valence-electron chi connectivity index (χ3n) is 2.11. The van der Waals surface area contributed by atoms with Crippen LogP contribution in [0.2, 0.25) is 0 Å². The molecule has 84 valence electrons. The Morgan fingerprint density at radius 3 is 3.07 bits per heavy atom. The minimum atomic E-state index is -0.468. The van der Waals surface area contributed by atoms with Crippen LogP contribution in [0.5, 0.6) is 0 Å². The molecule has 0 aliphatic rings. The summed E-state index contributed by atoms with van der Waals surface area (Å²) in [5.41, 5.74) is 5.67. The molecule has 0 spiro atoms. The minimum absolute atomic E-state index is 0.295. The van der Waals surface area contributed by atoms with E-state index in [1.54, 1.807) is 11.3 Å². The fourth-order valence-corrected chi connectivity index (χ4v) is 1.80. The molecule has 15 heavy (non-hydrogen) atoms. The summed E-state index contributed by atoms with van der Waals surface area (Å²) in [5.74, 6) is -0.295. The summed E-state index contributed by atoms with van der Waals surface area (Å²) in [7, 11) is 0. The lowest BCUT2D eigenvalue weighted by Gasteiger charge is -2.09. The van der Waals surface area contributed by atoms with Crippen LogP contribution in [0.15, 0.2) is 17.5 Å². The highest BCUT2D eigenvalue weighted by Gasteiger charge is 2.14. The van der Waals surface area contributed by atoms with Gasteiger partial charge in [0.2, 0.25) is 0 Å². The molecule has 2 N–H and O–H groups in total. The van der Waals surface area contributed by atoms with E-state index in [9.17, 15) is 4.79 Å². The van der Waals surface area contributed by atoms with E-state index in [1.807, 2.05) is 17.5 Å². The molecule has 0 aromatic carbocycles. The Morgan fingerprint density at radius 2 is 2.47 bits per heavy atom. The molecule has 0 radical (unpaired) electrons. The van der Waals surface area contributed by atoms with Crippen molar-refractivity contribution < 1.29 is 9.53 Å². The average Bonchev–Trinajstić information content (AvgIpc) is 2.75. The Bertz CT molecular complexity index is 285. The van der Waals surface area contributed by atoms with Crippen LogP contribution in [-0.4, -0.2) is 12.0 Å². The van der Waals surface area contributed by atoms with Gasteiger partial charge in [0, 0.05) is 4.88 Å². The second kappa shape index (κ2) is 6.58. The van der Waals surface area contributed by atoms with E-state index in [0.29, 0.717) is 13.0 Å². The fraction of sp³-hybridized carbons (Fsp3) is 0.545. The molecule has 1 rings (SSSR count). The topological polar surface area (TPSA) is 52.3 Å². The molecule has 0 saturated heterocycles. The van der Waals surface area contributed by atoms with Gasteiger partial charge >= 0.3 is 5.97 Å². The molecule has 1 unspecified atom stereocenters. The molecular formula is C11H17NO2S. The van der Waals surface area contributed by atoms with Crippen molar-refractivity contribution in [2.75, 3.05) is 0 Å². The molecule has 0 aliphatic carbocycles. The van der Waals surface area contributed by atoms with Crippen LogP contribution in [0.25, 0.3) is 0 Å². The molecule has 1 heterocycles. The highest BCUT2D eigenvalue weighted by molar-refractivity contribution is 7.09. The molecule has 1 aromatic heterocycles. The highest BCUT2D eigenvalue weighted by atomic mass is 32.1. The van der Waals surface area contributed by atoms with Crippen molar-refractivity contribution in [1.29, 1.82) is 0 Å². The molecule has 1 atom stereocenters. The van der Waals surface area contributed by atoms with Crippen molar-refractivity contribution in [2.45, 2.75) is 38.8 Å². The van der Waals surface area contributed by atoms with Crippen LogP contribution < -0.4 is 5.73 Å². The second-order valence-electron chi connectivity index (χ2n) is 3.44. The van der Waals surface area contributed by atoms with Crippen LogP contribution in [-0.2, 0) is 16.1 Å². The SMILES string of the molecule is CCCCC(N)C(=O)OCc1cccs1. The normalized spacial score (nSPS) is 12.4. The summed E-state index contributed by atoms with van der Waals surface area (Å²) in [6.45, 7) is 2.42. The molecule has 0 saturated carbocycles. The quantitative estimate of drug-likeness (QED) is 0.759. The Kier molecular flexibility index (Phi) is 5.36. The first-order valence-corrected chi connectivity index (χ1v) is 6.06. The van der Waals surface area contributed by atoms with Gasteiger partial charge in [0.15, 0.2) is 0 Å². The van der Waals surface area contributed by atoms with Crippen molar-refractivity contribution in [3.63, 3.8) is 0 Å². The number of thiophene rings is 1. The van der Waals surface area contributed by atoms with Gasteiger partial charge in [-0.15, -0.1) is 11.3 Å². The van der Waals surface area contributed by atoms with E-state index < -0.39 is 6.04 Å². The zero-order chi connectivity index (χ0) is 11.1. The lowest BCUT2D eigenvalue weighted by Crippen LogP contribution is -2.31. The van der Waals surface area contributed by atoms with E-state index in [0.717, 1.165) is 17.7 Å². The number of carbonyl (C=O) groups is 1. The number of rotatable bonds is 6. The Morgan fingerprint density at radius 1 is 1.67 bits per heavy atom. The largest absolute Gasteiger partial charge is 0.459 e. The van der Waals surface area contributed by atoms with E-state index in [4.69, 9.17) is 10.5 Å². The van der Waals surface area contributed by atoms with E-state index in [2.05, 4.69) is 6.92 Å². The molecular weight excluding hydrogens is 210 g/mol. The van der Waals surface area contributed by atoms with Crippen LogP contribution >= 0.6 is 11.3 Å². The first-order chi connectivity index (χ1) is 7.24. The van der Waals surface area contributed by atoms with Gasteiger partial charge in [0.05, 0.1) is 0 Å². The van der Waals surface area contributed by atoms with Gasteiger partial charge in [-0.2, -0.15) is 0 Å². The van der Waals surface area contributed by atoms with Gasteiger partial charge < -0.3 is 10.5 Å². The number of carbonyl (C=O) groups excluding carboxylic acids is 1. The van der Waals surface area contributed by atoms with E-state index in [-0.39, 0.29) is 5.97 Å². The van der Waals surface area contributed by atoms with Crippen LogP contribution in [0.3, 0.4) is 0 Å². The Hall–Kier alpha value is -0.870. The van der Waals surface area contributed by atoms with Gasteiger partial charge in [-0.3, -0.25) is 4.79 Å². The van der Waals surface area contributed by atoms with Gasteiger partial charge in [-0.1, -0.05) is 25.8 Å². The number of esters is 1. The zero-order valence-corrected chi connectivity index (χ0v) is 9.76. The third-order valence-corrected chi connectivity index (χ3v) is 2.96. The maximum atomic E-state index is 11.4. The summed E-state index contributed by atoms with van der Waals surface area (Å²) < 4.78 is 5.09. The van der Waals surface area contributed by atoms with Gasteiger partial charge in [-0.05, 0) is 17.9 Å².